The molecule has 1 saturated heterocycles. The first-order valence-corrected chi connectivity index (χ1v) is 6.58. The topological polar surface area (TPSA) is 78.4 Å². The Morgan fingerprint density at radius 2 is 2.21 bits per heavy atom. The Labute approximate surface area is 112 Å². The monoisotopic (exact) mass is 264 g/mol. The lowest BCUT2D eigenvalue weighted by Crippen LogP contribution is -2.50. The van der Waals surface area contributed by atoms with E-state index in [-0.39, 0.29) is 18.1 Å². The fraction of sp³-hybridized carbons (Fsp3) is 0.615. The van der Waals surface area contributed by atoms with Gasteiger partial charge in [0.15, 0.2) is 0 Å². The lowest BCUT2D eigenvalue weighted by Gasteiger charge is -2.37. The summed E-state index contributed by atoms with van der Waals surface area (Å²) < 4.78 is 0. The number of piperidine rings is 1. The lowest BCUT2D eigenvalue weighted by atomic mass is 9.95. The molecule has 19 heavy (non-hydrogen) atoms. The molecule has 0 spiro atoms. The molecule has 0 radical (unpaired) electrons. The third kappa shape index (κ3) is 3.48. The van der Waals surface area contributed by atoms with Crippen LogP contribution in [0.1, 0.15) is 20.3 Å². The average Bonchev–Trinajstić information content (AvgIpc) is 2.42. The predicted octanol–water partition coefficient (Wildman–Crippen LogP) is 0.506. The van der Waals surface area contributed by atoms with Gasteiger partial charge in [0.2, 0.25) is 11.9 Å². The van der Waals surface area contributed by atoms with Gasteiger partial charge >= 0.3 is 0 Å². The molecular formula is C13H20N4O2. The summed E-state index contributed by atoms with van der Waals surface area (Å²) in [7, 11) is 0. The number of nitrogens with zero attached hydrogens (tertiary/aromatic N) is 3. The SMILES string of the molecule is CC1CCN(C(C)C(=O)Nc2ncccn2)CC1O. The molecule has 0 aromatic carbocycles. The third-order valence-electron chi connectivity index (χ3n) is 3.68. The van der Waals surface area contributed by atoms with Gasteiger partial charge in [-0.3, -0.25) is 15.0 Å². The second-order valence-corrected chi connectivity index (χ2v) is 5.07. The molecule has 6 nitrogen and oxygen atoms in total. The van der Waals surface area contributed by atoms with Gasteiger partial charge in [-0.2, -0.15) is 0 Å². The standard InChI is InChI=1S/C13H20N4O2/c1-9-4-7-17(8-11(9)18)10(2)12(19)16-13-14-5-3-6-15-13/h3,5-6,9-11,18H,4,7-8H2,1-2H3,(H,14,15,16,19). The number of anilines is 1. The van der Waals surface area contributed by atoms with E-state index >= 15 is 0 Å². The maximum Gasteiger partial charge on any atom is 0.243 e. The maximum absolute atomic E-state index is 12.1. The van der Waals surface area contributed by atoms with Gasteiger partial charge < -0.3 is 5.11 Å². The molecule has 104 valence electrons. The van der Waals surface area contributed by atoms with Crippen LogP contribution in [0.5, 0.6) is 0 Å². The Hall–Kier alpha value is -1.53. The first kappa shape index (κ1) is 13.9. The van der Waals surface area contributed by atoms with E-state index in [0.717, 1.165) is 13.0 Å². The summed E-state index contributed by atoms with van der Waals surface area (Å²) in [5.41, 5.74) is 0. The molecule has 2 heterocycles. The average molecular weight is 264 g/mol. The van der Waals surface area contributed by atoms with Gasteiger partial charge in [-0.15, -0.1) is 0 Å². The van der Waals surface area contributed by atoms with Gasteiger partial charge in [0, 0.05) is 18.9 Å². The minimum atomic E-state index is -0.364. The van der Waals surface area contributed by atoms with Gasteiger partial charge in [0.25, 0.3) is 0 Å². The van der Waals surface area contributed by atoms with Crippen LogP contribution < -0.4 is 5.32 Å². The minimum absolute atomic E-state index is 0.145. The van der Waals surface area contributed by atoms with Crippen molar-refractivity contribution in [3.63, 3.8) is 0 Å². The van der Waals surface area contributed by atoms with E-state index in [1.54, 1.807) is 18.5 Å². The first-order chi connectivity index (χ1) is 9.08. The van der Waals surface area contributed by atoms with E-state index in [4.69, 9.17) is 0 Å². The Morgan fingerprint density at radius 1 is 1.53 bits per heavy atom. The van der Waals surface area contributed by atoms with Crippen LogP contribution in [-0.4, -0.2) is 51.1 Å². The third-order valence-corrected chi connectivity index (χ3v) is 3.68. The summed E-state index contributed by atoms with van der Waals surface area (Å²) in [5.74, 6) is 0.460. The molecule has 2 N–H and O–H groups in total. The minimum Gasteiger partial charge on any atom is -0.392 e. The summed E-state index contributed by atoms with van der Waals surface area (Å²) in [4.78, 5) is 22.0. The molecule has 1 amide bonds. The smallest absolute Gasteiger partial charge is 0.243 e. The number of nitrogens with one attached hydrogen (secondary N) is 1. The van der Waals surface area contributed by atoms with Crippen LogP contribution in [0.15, 0.2) is 18.5 Å². The molecule has 3 atom stereocenters. The quantitative estimate of drug-likeness (QED) is 0.831. The van der Waals surface area contributed by atoms with Crippen LogP contribution in [0.4, 0.5) is 5.95 Å². The van der Waals surface area contributed by atoms with E-state index in [9.17, 15) is 9.90 Å². The summed E-state index contributed by atoms with van der Waals surface area (Å²) >= 11 is 0. The second-order valence-electron chi connectivity index (χ2n) is 5.07. The molecule has 0 aliphatic carbocycles. The molecule has 1 aliphatic heterocycles. The highest BCUT2D eigenvalue weighted by molar-refractivity contribution is 5.93. The Morgan fingerprint density at radius 3 is 2.84 bits per heavy atom. The summed E-state index contributed by atoms with van der Waals surface area (Å²) in [5, 5.41) is 12.6. The van der Waals surface area contributed by atoms with Crippen LogP contribution >= 0.6 is 0 Å². The Bertz CT molecular complexity index is 426. The number of amides is 1. The van der Waals surface area contributed by atoms with E-state index in [1.165, 1.54) is 0 Å². The molecule has 1 aromatic rings. The number of carbonyl (C=O) groups excluding carboxylic acids is 1. The van der Waals surface area contributed by atoms with E-state index in [2.05, 4.69) is 15.3 Å². The van der Waals surface area contributed by atoms with Crippen LogP contribution in [0.25, 0.3) is 0 Å². The molecule has 1 aromatic heterocycles. The molecular weight excluding hydrogens is 244 g/mol. The van der Waals surface area contributed by atoms with Crippen molar-refractivity contribution in [2.24, 2.45) is 5.92 Å². The van der Waals surface area contributed by atoms with Gasteiger partial charge in [0.1, 0.15) is 0 Å². The van der Waals surface area contributed by atoms with Crippen molar-refractivity contribution in [1.82, 2.24) is 14.9 Å². The van der Waals surface area contributed by atoms with Crippen LogP contribution in [0, 0.1) is 5.92 Å². The lowest BCUT2D eigenvalue weighted by molar-refractivity contribution is -0.122. The number of aliphatic hydroxyl groups is 1. The summed E-state index contributed by atoms with van der Waals surface area (Å²) in [6, 6.07) is 1.40. The first-order valence-electron chi connectivity index (χ1n) is 6.58. The van der Waals surface area contributed by atoms with Crippen molar-refractivity contribution in [3.05, 3.63) is 18.5 Å². The van der Waals surface area contributed by atoms with Crippen molar-refractivity contribution in [3.8, 4) is 0 Å². The molecule has 0 bridgehead atoms. The summed E-state index contributed by atoms with van der Waals surface area (Å²) in [6.45, 7) is 5.22. The zero-order valence-corrected chi connectivity index (χ0v) is 11.3. The number of aliphatic hydroxyl groups excluding tert-OH is 1. The number of β-amino-alcohol motifs (C(OH)–C–C–N with tert-alkyl or cyclic N) is 1. The molecule has 0 saturated carbocycles. The van der Waals surface area contributed by atoms with Crippen LogP contribution in [-0.2, 0) is 4.79 Å². The van der Waals surface area contributed by atoms with E-state index in [0.29, 0.717) is 18.4 Å². The molecule has 1 fully saturated rings. The van der Waals surface area contributed by atoms with Crippen molar-refractivity contribution >= 4 is 11.9 Å². The van der Waals surface area contributed by atoms with Gasteiger partial charge in [-0.1, -0.05) is 6.92 Å². The largest absolute Gasteiger partial charge is 0.392 e. The Balaban J connectivity index is 1.92. The normalized spacial score (nSPS) is 25.8. The molecule has 3 unspecified atom stereocenters. The zero-order valence-electron chi connectivity index (χ0n) is 11.3. The summed E-state index contributed by atoms with van der Waals surface area (Å²) in [6.07, 6.45) is 3.71. The Kier molecular flexibility index (Phi) is 4.44. The van der Waals surface area contributed by atoms with Crippen molar-refractivity contribution in [2.75, 3.05) is 18.4 Å². The number of hydrogen-bond acceptors (Lipinski definition) is 5. The van der Waals surface area contributed by atoms with E-state index in [1.807, 2.05) is 18.7 Å². The van der Waals surface area contributed by atoms with Crippen LogP contribution in [0.3, 0.4) is 0 Å². The van der Waals surface area contributed by atoms with Gasteiger partial charge in [-0.05, 0) is 31.9 Å². The van der Waals surface area contributed by atoms with Crippen molar-refractivity contribution in [2.45, 2.75) is 32.4 Å². The molecule has 1 aliphatic rings. The molecule has 6 heteroatoms. The number of likely N-dealkylation sites (tertiary alicyclic amines) is 1. The number of hydrogen-bond donors (Lipinski definition) is 2. The molecule has 2 rings (SSSR count). The second kappa shape index (κ2) is 6.08. The van der Waals surface area contributed by atoms with Crippen molar-refractivity contribution in [1.29, 1.82) is 0 Å². The number of rotatable bonds is 3. The fourth-order valence-corrected chi connectivity index (χ4v) is 2.17. The van der Waals surface area contributed by atoms with Crippen molar-refractivity contribution < 1.29 is 9.90 Å². The highest BCUT2D eigenvalue weighted by Crippen LogP contribution is 2.19. The van der Waals surface area contributed by atoms with Crippen LogP contribution in [0.2, 0.25) is 0 Å². The zero-order chi connectivity index (χ0) is 13.8. The number of aromatic nitrogens is 2. The highest BCUT2D eigenvalue weighted by atomic mass is 16.3. The number of carbonyl (C=O) groups is 1. The van der Waals surface area contributed by atoms with E-state index < -0.39 is 0 Å². The van der Waals surface area contributed by atoms with Gasteiger partial charge in [0.05, 0.1) is 12.1 Å². The highest BCUT2D eigenvalue weighted by Gasteiger charge is 2.30. The van der Waals surface area contributed by atoms with Gasteiger partial charge in [-0.25, -0.2) is 9.97 Å². The maximum atomic E-state index is 12.1. The fourth-order valence-electron chi connectivity index (χ4n) is 2.17. The predicted molar refractivity (Wildman–Crippen MR) is 71.5 cm³/mol.